The number of furan rings is 1. The minimum atomic E-state index is -1.08. The Balaban J connectivity index is 1.96. The fourth-order valence-electron chi connectivity index (χ4n) is 1.89. The smallest absolute Gasteiger partial charge is 0.313 e. The first-order chi connectivity index (χ1) is 10.4. The summed E-state index contributed by atoms with van der Waals surface area (Å²) in [5.41, 5.74) is 0.339. The summed E-state index contributed by atoms with van der Waals surface area (Å²) in [6.07, 6.45) is 0. The Kier molecular flexibility index (Phi) is 4.55. The summed E-state index contributed by atoms with van der Waals surface area (Å²) in [4.78, 5) is 23.3. The second-order valence-electron chi connectivity index (χ2n) is 4.70. The first-order valence-corrected chi connectivity index (χ1v) is 6.47. The fraction of sp³-hybridized carbons (Fsp3) is 0.200. The SMILES string of the molecule is Cc1cc(CNC(=O)C(=O)Nc2cc(F)ccc2F)c(C)o1. The maximum absolute atomic E-state index is 13.4. The number of anilines is 1. The maximum Gasteiger partial charge on any atom is 0.313 e. The molecule has 0 aliphatic rings. The van der Waals surface area contributed by atoms with E-state index >= 15 is 0 Å². The number of amides is 2. The Morgan fingerprint density at radius 1 is 1.14 bits per heavy atom. The number of halogens is 2. The van der Waals surface area contributed by atoms with Crippen LogP contribution < -0.4 is 10.6 Å². The predicted octanol–water partition coefficient (Wildman–Crippen LogP) is 2.43. The molecule has 22 heavy (non-hydrogen) atoms. The molecular formula is C15H14F2N2O3. The van der Waals surface area contributed by atoms with Crippen LogP contribution in [-0.2, 0) is 16.1 Å². The molecule has 7 heteroatoms. The lowest BCUT2D eigenvalue weighted by atomic mass is 10.2. The van der Waals surface area contributed by atoms with Crippen LogP contribution in [0.3, 0.4) is 0 Å². The average Bonchev–Trinajstić information content (AvgIpc) is 2.78. The number of hydrogen-bond acceptors (Lipinski definition) is 3. The van der Waals surface area contributed by atoms with E-state index in [1.807, 2.05) is 5.32 Å². The molecule has 1 aromatic heterocycles. The third kappa shape index (κ3) is 3.69. The van der Waals surface area contributed by atoms with Crippen molar-refractivity contribution in [2.45, 2.75) is 20.4 Å². The molecular weight excluding hydrogens is 294 g/mol. The Morgan fingerprint density at radius 2 is 1.86 bits per heavy atom. The molecule has 0 radical (unpaired) electrons. The quantitative estimate of drug-likeness (QED) is 0.856. The van der Waals surface area contributed by atoms with E-state index in [0.29, 0.717) is 11.5 Å². The van der Waals surface area contributed by atoms with E-state index in [4.69, 9.17) is 4.42 Å². The highest BCUT2D eigenvalue weighted by Crippen LogP contribution is 2.15. The molecule has 1 heterocycles. The highest BCUT2D eigenvalue weighted by molar-refractivity contribution is 6.39. The highest BCUT2D eigenvalue weighted by atomic mass is 19.1. The molecule has 0 bridgehead atoms. The molecule has 2 rings (SSSR count). The van der Waals surface area contributed by atoms with Gasteiger partial charge in [0.2, 0.25) is 0 Å². The van der Waals surface area contributed by atoms with Crippen molar-refractivity contribution in [1.82, 2.24) is 5.32 Å². The zero-order chi connectivity index (χ0) is 16.3. The van der Waals surface area contributed by atoms with E-state index in [2.05, 4.69) is 5.32 Å². The number of carbonyl (C=O) groups excluding carboxylic acids is 2. The molecule has 0 fully saturated rings. The number of hydrogen-bond donors (Lipinski definition) is 2. The molecule has 2 amide bonds. The van der Waals surface area contributed by atoms with Crippen molar-refractivity contribution >= 4 is 17.5 Å². The van der Waals surface area contributed by atoms with Gasteiger partial charge in [0.15, 0.2) is 0 Å². The Morgan fingerprint density at radius 3 is 2.50 bits per heavy atom. The van der Waals surface area contributed by atoms with E-state index in [1.54, 1.807) is 19.9 Å². The van der Waals surface area contributed by atoms with E-state index in [-0.39, 0.29) is 6.54 Å². The van der Waals surface area contributed by atoms with Gasteiger partial charge in [0.05, 0.1) is 5.69 Å². The lowest BCUT2D eigenvalue weighted by Gasteiger charge is -2.07. The van der Waals surface area contributed by atoms with Crippen LogP contribution in [0.2, 0.25) is 0 Å². The second-order valence-corrected chi connectivity index (χ2v) is 4.70. The molecule has 116 valence electrons. The normalized spacial score (nSPS) is 10.4. The van der Waals surface area contributed by atoms with Crippen LogP contribution in [0.25, 0.3) is 0 Å². The van der Waals surface area contributed by atoms with Crippen LogP contribution in [0.1, 0.15) is 17.1 Å². The predicted molar refractivity (Wildman–Crippen MR) is 75.0 cm³/mol. The lowest BCUT2D eigenvalue weighted by Crippen LogP contribution is -2.35. The molecule has 0 spiro atoms. The Bertz CT molecular complexity index is 726. The van der Waals surface area contributed by atoms with Gasteiger partial charge in [-0.05, 0) is 32.0 Å². The summed E-state index contributed by atoms with van der Waals surface area (Å²) in [6, 6.07) is 4.30. The van der Waals surface area contributed by atoms with Gasteiger partial charge in [0.25, 0.3) is 0 Å². The maximum atomic E-state index is 13.4. The standard InChI is InChI=1S/C15H14F2N2O3/c1-8-5-10(9(2)22-8)7-18-14(20)15(21)19-13-6-11(16)3-4-12(13)17/h3-6H,7H2,1-2H3,(H,18,20)(H,19,21). The van der Waals surface area contributed by atoms with Gasteiger partial charge < -0.3 is 15.1 Å². The molecule has 0 saturated heterocycles. The fourth-order valence-corrected chi connectivity index (χ4v) is 1.89. The van der Waals surface area contributed by atoms with E-state index in [9.17, 15) is 18.4 Å². The summed E-state index contributed by atoms with van der Waals surface area (Å²) in [7, 11) is 0. The molecule has 5 nitrogen and oxygen atoms in total. The first kappa shape index (κ1) is 15.7. The first-order valence-electron chi connectivity index (χ1n) is 6.47. The van der Waals surface area contributed by atoms with Crippen molar-refractivity contribution in [3.63, 3.8) is 0 Å². The Labute approximate surface area is 125 Å². The number of nitrogens with one attached hydrogen (secondary N) is 2. The molecule has 2 aromatic rings. The summed E-state index contributed by atoms with van der Waals surface area (Å²) in [6.45, 7) is 3.59. The van der Waals surface area contributed by atoms with Gasteiger partial charge in [0, 0.05) is 18.2 Å². The van der Waals surface area contributed by atoms with Gasteiger partial charge in [-0.2, -0.15) is 0 Å². The van der Waals surface area contributed by atoms with Gasteiger partial charge in [-0.15, -0.1) is 0 Å². The van der Waals surface area contributed by atoms with Crippen LogP contribution in [0.15, 0.2) is 28.7 Å². The minimum Gasteiger partial charge on any atom is -0.466 e. The highest BCUT2D eigenvalue weighted by Gasteiger charge is 2.16. The summed E-state index contributed by atoms with van der Waals surface area (Å²) < 4.78 is 31.6. The molecule has 0 saturated carbocycles. The van der Waals surface area contributed by atoms with Crippen molar-refractivity contribution in [1.29, 1.82) is 0 Å². The van der Waals surface area contributed by atoms with Crippen molar-refractivity contribution in [3.05, 3.63) is 53.0 Å². The molecule has 0 unspecified atom stereocenters. The van der Waals surface area contributed by atoms with Gasteiger partial charge >= 0.3 is 11.8 Å². The molecule has 0 atom stereocenters. The van der Waals surface area contributed by atoms with Crippen LogP contribution in [0, 0.1) is 25.5 Å². The third-order valence-electron chi connectivity index (χ3n) is 2.97. The number of rotatable bonds is 3. The van der Waals surface area contributed by atoms with E-state index in [1.165, 1.54) is 0 Å². The minimum absolute atomic E-state index is 0.0983. The molecule has 0 aliphatic heterocycles. The topological polar surface area (TPSA) is 71.3 Å². The third-order valence-corrected chi connectivity index (χ3v) is 2.97. The molecule has 0 aliphatic carbocycles. The summed E-state index contributed by atoms with van der Waals surface area (Å²) >= 11 is 0. The monoisotopic (exact) mass is 308 g/mol. The summed E-state index contributed by atoms with van der Waals surface area (Å²) in [5.74, 6) is -2.27. The van der Waals surface area contributed by atoms with Crippen LogP contribution in [-0.4, -0.2) is 11.8 Å². The zero-order valence-electron chi connectivity index (χ0n) is 12.0. The van der Waals surface area contributed by atoms with Crippen LogP contribution in [0.5, 0.6) is 0 Å². The number of aryl methyl sites for hydroxylation is 2. The van der Waals surface area contributed by atoms with Crippen molar-refractivity contribution in [2.75, 3.05) is 5.32 Å². The molecule has 1 aromatic carbocycles. The van der Waals surface area contributed by atoms with Crippen LogP contribution >= 0.6 is 0 Å². The average molecular weight is 308 g/mol. The van der Waals surface area contributed by atoms with E-state index in [0.717, 1.165) is 23.8 Å². The van der Waals surface area contributed by atoms with Gasteiger partial charge in [0.1, 0.15) is 23.2 Å². The number of carbonyl (C=O) groups is 2. The van der Waals surface area contributed by atoms with E-state index < -0.39 is 29.1 Å². The Hall–Kier alpha value is -2.70. The molecule has 2 N–H and O–H groups in total. The van der Waals surface area contributed by atoms with Crippen LogP contribution in [0.4, 0.5) is 14.5 Å². The van der Waals surface area contributed by atoms with Gasteiger partial charge in [-0.1, -0.05) is 0 Å². The van der Waals surface area contributed by atoms with Crippen molar-refractivity contribution < 1.29 is 22.8 Å². The summed E-state index contributed by atoms with van der Waals surface area (Å²) in [5, 5.41) is 4.40. The van der Waals surface area contributed by atoms with Crippen molar-refractivity contribution in [2.24, 2.45) is 0 Å². The lowest BCUT2D eigenvalue weighted by molar-refractivity contribution is -0.136. The largest absolute Gasteiger partial charge is 0.466 e. The second kappa shape index (κ2) is 6.38. The van der Waals surface area contributed by atoms with Crippen molar-refractivity contribution in [3.8, 4) is 0 Å². The zero-order valence-corrected chi connectivity index (χ0v) is 12.0. The van der Waals surface area contributed by atoms with Gasteiger partial charge in [-0.25, -0.2) is 8.78 Å². The van der Waals surface area contributed by atoms with Gasteiger partial charge in [-0.3, -0.25) is 9.59 Å². The number of benzene rings is 1.